The number of aromatic nitrogens is 3. The molecule has 0 aliphatic rings. The van der Waals surface area contributed by atoms with Gasteiger partial charge in [0.25, 0.3) is 0 Å². The van der Waals surface area contributed by atoms with E-state index in [1.54, 1.807) is 37.2 Å². The molecule has 0 unspecified atom stereocenters. The van der Waals surface area contributed by atoms with Gasteiger partial charge in [0.1, 0.15) is 11.1 Å². The average Bonchev–Trinajstić information content (AvgIpc) is 3.09. The van der Waals surface area contributed by atoms with Crippen LogP contribution < -0.4 is 0 Å². The Kier molecular flexibility index (Phi) is 6.26. The number of amides is 1. The molecule has 0 radical (unpaired) electrons. The lowest BCUT2D eigenvalue weighted by molar-refractivity contribution is -0.128. The predicted molar refractivity (Wildman–Crippen MR) is 109 cm³/mol. The van der Waals surface area contributed by atoms with E-state index in [1.165, 1.54) is 23.9 Å². The fourth-order valence-electron chi connectivity index (χ4n) is 2.71. The molecule has 0 N–H and O–H groups in total. The van der Waals surface area contributed by atoms with Crippen LogP contribution in [0.5, 0.6) is 0 Å². The molecule has 7 heteroatoms. The van der Waals surface area contributed by atoms with Gasteiger partial charge in [-0.1, -0.05) is 48.2 Å². The third-order valence-corrected chi connectivity index (χ3v) is 5.34. The summed E-state index contributed by atoms with van der Waals surface area (Å²) in [5.41, 5.74) is 1.64. The molecule has 3 aromatic rings. The number of thioether (sulfide) groups is 1. The summed E-state index contributed by atoms with van der Waals surface area (Å²) in [6.07, 6.45) is 1.74. The lowest BCUT2D eigenvalue weighted by Crippen LogP contribution is -2.27. The molecular weight excluding hydrogens is 375 g/mol. The van der Waals surface area contributed by atoms with E-state index in [0.717, 1.165) is 11.1 Å². The topological polar surface area (TPSA) is 51.0 Å². The van der Waals surface area contributed by atoms with Gasteiger partial charge in [-0.15, -0.1) is 16.8 Å². The maximum Gasteiger partial charge on any atom is 0.240 e. The van der Waals surface area contributed by atoms with Crippen molar-refractivity contribution in [3.05, 3.63) is 78.6 Å². The van der Waals surface area contributed by atoms with Crippen LogP contribution >= 0.6 is 11.8 Å². The Hall–Kier alpha value is -2.93. The summed E-state index contributed by atoms with van der Waals surface area (Å²) < 4.78 is 15.2. The van der Waals surface area contributed by atoms with E-state index >= 15 is 0 Å². The second-order valence-corrected chi connectivity index (χ2v) is 7.43. The van der Waals surface area contributed by atoms with Gasteiger partial charge < -0.3 is 4.90 Å². The molecule has 0 saturated carbocycles. The zero-order valence-electron chi connectivity index (χ0n) is 15.7. The number of likely N-dealkylation sites (N-methyl/N-ethyl adjacent to an activating group) is 1. The van der Waals surface area contributed by atoms with Crippen LogP contribution in [0.4, 0.5) is 4.39 Å². The fraction of sp³-hybridized carbons (Fsp3) is 0.190. The number of hydrogen-bond donors (Lipinski definition) is 0. The number of benzene rings is 2. The summed E-state index contributed by atoms with van der Waals surface area (Å²) in [7, 11) is 3.47. The SMILES string of the molecule is C=CCn1c(S[C@H](C(=O)N(C)C)c2ccccc2)nnc1-c1ccc(F)cc1. The number of nitrogens with zero attached hydrogens (tertiary/aromatic N) is 4. The first-order valence-corrected chi connectivity index (χ1v) is 9.62. The Morgan fingerprint density at radius 1 is 1.18 bits per heavy atom. The molecule has 0 saturated heterocycles. The summed E-state index contributed by atoms with van der Waals surface area (Å²) >= 11 is 1.34. The Labute approximate surface area is 167 Å². The summed E-state index contributed by atoms with van der Waals surface area (Å²) in [5, 5.41) is 8.73. The zero-order chi connectivity index (χ0) is 20.1. The zero-order valence-corrected chi connectivity index (χ0v) is 16.6. The molecule has 1 aromatic heterocycles. The second-order valence-electron chi connectivity index (χ2n) is 6.35. The summed E-state index contributed by atoms with van der Waals surface area (Å²) in [6.45, 7) is 4.28. The van der Waals surface area contributed by atoms with E-state index < -0.39 is 5.25 Å². The Morgan fingerprint density at radius 3 is 2.46 bits per heavy atom. The first kappa shape index (κ1) is 19.8. The molecule has 0 spiro atoms. The molecule has 144 valence electrons. The van der Waals surface area contributed by atoms with Gasteiger partial charge in [-0.2, -0.15) is 0 Å². The highest BCUT2D eigenvalue weighted by molar-refractivity contribution is 8.00. The van der Waals surface area contributed by atoms with Crippen molar-refractivity contribution in [2.75, 3.05) is 14.1 Å². The van der Waals surface area contributed by atoms with Crippen LogP contribution in [0.3, 0.4) is 0 Å². The minimum atomic E-state index is -0.454. The largest absolute Gasteiger partial charge is 0.348 e. The van der Waals surface area contributed by atoms with Gasteiger partial charge in [0.05, 0.1) is 0 Å². The fourth-order valence-corrected chi connectivity index (χ4v) is 3.90. The van der Waals surface area contributed by atoms with Crippen LogP contribution in [0.1, 0.15) is 10.8 Å². The van der Waals surface area contributed by atoms with Crippen molar-refractivity contribution in [3.63, 3.8) is 0 Å². The van der Waals surface area contributed by atoms with Crippen molar-refractivity contribution in [2.45, 2.75) is 17.0 Å². The van der Waals surface area contributed by atoms with Crippen molar-refractivity contribution in [1.29, 1.82) is 0 Å². The molecule has 5 nitrogen and oxygen atoms in total. The normalized spacial score (nSPS) is 11.8. The predicted octanol–water partition coefficient (Wildman–Crippen LogP) is 4.19. The monoisotopic (exact) mass is 396 g/mol. The number of carbonyl (C=O) groups is 1. The van der Waals surface area contributed by atoms with Gasteiger partial charge in [-0.05, 0) is 29.8 Å². The van der Waals surface area contributed by atoms with Gasteiger partial charge in [0, 0.05) is 26.2 Å². The van der Waals surface area contributed by atoms with Gasteiger partial charge >= 0.3 is 0 Å². The van der Waals surface area contributed by atoms with Crippen LogP contribution in [0, 0.1) is 5.82 Å². The van der Waals surface area contributed by atoms with Gasteiger partial charge in [-0.3, -0.25) is 9.36 Å². The van der Waals surface area contributed by atoms with Crippen LogP contribution in [-0.4, -0.2) is 39.7 Å². The third kappa shape index (κ3) is 4.31. The van der Waals surface area contributed by atoms with E-state index in [-0.39, 0.29) is 11.7 Å². The molecule has 28 heavy (non-hydrogen) atoms. The molecule has 3 rings (SSSR count). The Morgan fingerprint density at radius 2 is 1.86 bits per heavy atom. The number of hydrogen-bond acceptors (Lipinski definition) is 4. The van der Waals surface area contributed by atoms with Crippen LogP contribution in [0.2, 0.25) is 0 Å². The lowest BCUT2D eigenvalue weighted by Gasteiger charge is -2.20. The quantitative estimate of drug-likeness (QED) is 0.444. The van der Waals surface area contributed by atoms with Crippen LogP contribution in [0.25, 0.3) is 11.4 Å². The number of carbonyl (C=O) groups excluding carboxylic acids is 1. The van der Waals surface area contributed by atoms with Crippen LogP contribution in [-0.2, 0) is 11.3 Å². The molecule has 0 bridgehead atoms. The third-order valence-electron chi connectivity index (χ3n) is 4.12. The molecule has 1 heterocycles. The van der Waals surface area contributed by atoms with Gasteiger partial charge in [-0.25, -0.2) is 4.39 Å². The number of halogens is 1. The molecule has 2 aromatic carbocycles. The van der Waals surface area contributed by atoms with Crippen molar-refractivity contribution in [1.82, 2.24) is 19.7 Å². The van der Waals surface area contributed by atoms with Gasteiger partial charge in [0.2, 0.25) is 5.91 Å². The summed E-state index contributed by atoms with van der Waals surface area (Å²) in [4.78, 5) is 14.4. The highest BCUT2D eigenvalue weighted by Crippen LogP contribution is 2.37. The van der Waals surface area contributed by atoms with Crippen molar-refractivity contribution in [3.8, 4) is 11.4 Å². The molecule has 1 atom stereocenters. The van der Waals surface area contributed by atoms with E-state index in [4.69, 9.17) is 0 Å². The minimum absolute atomic E-state index is 0.0346. The maximum atomic E-state index is 13.3. The second kappa shape index (κ2) is 8.84. The molecule has 0 aliphatic carbocycles. The van der Waals surface area contributed by atoms with E-state index in [2.05, 4.69) is 16.8 Å². The molecular formula is C21H21FN4OS. The number of rotatable bonds is 7. The number of allylic oxidation sites excluding steroid dienone is 1. The smallest absolute Gasteiger partial charge is 0.240 e. The van der Waals surface area contributed by atoms with E-state index in [9.17, 15) is 9.18 Å². The summed E-state index contributed by atoms with van der Waals surface area (Å²) in [5.74, 6) is 0.257. The highest BCUT2D eigenvalue weighted by atomic mass is 32.2. The van der Waals surface area contributed by atoms with Crippen molar-refractivity contribution < 1.29 is 9.18 Å². The molecule has 0 fully saturated rings. The highest BCUT2D eigenvalue weighted by Gasteiger charge is 2.27. The Balaban J connectivity index is 2.00. The van der Waals surface area contributed by atoms with Gasteiger partial charge in [0.15, 0.2) is 11.0 Å². The first-order valence-electron chi connectivity index (χ1n) is 8.74. The molecule has 0 aliphatic heterocycles. The summed E-state index contributed by atoms with van der Waals surface area (Å²) in [6, 6.07) is 15.7. The van der Waals surface area contributed by atoms with E-state index in [1.807, 2.05) is 34.9 Å². The van der Waals surface area contributed by atoms with Crippen molar-refractivity contribution in [2.24, 2.45) is 0 Å². The lowest BCUT2D eigenvalue weighted by atomic mass is 10.1. The first-order chi connectivity index (χ1) is 13.5. The van der Waals surface area contributed by atoms with E-state index in [0.29, 0.717) is 17.5 Å². The maximum absolute atomic E-state index is 13.3. The van der Waals surface area contributed by atoms with Crippen molar-refractivity contribution >= 4 is 17.7 Å². The van der Waals surface area contributed by atoms with Crippen LogP contribution in [0.15, 0.2) is 72.4 Å². The average molecular weight is 396 g/mol. The molecule has 1 amide bonds. The minimum Gasteiger partial charge on any atom is -0.348 e. The standard InChI is InChI=1S/C21H21FN4OS/c1-4-14-26-19(16-10-12-17(22)13-11-16)23-24-21(26)28-18(20(27)25(2)3)15-8-6-5-7-9-15/h4-13,18H,1,14H2,2-3H3/t18-/m0/s1. The Bertz CT molecular complexity index is 954.